The maximum Gasteiger partial charge on any atom is 0.241 e. The van der Waals surface area contributed by atoms with E-state index in [0.717, 1.165) is 48.5 Å². The van der Waals surface area contributed by atoms with E-state index in [1.165, 1.54) is 0 Å². The van der Waals surface area contributed by atoms with Crippen molar-refractivity contribution in [3.8, 4) is 0 Å². The Morgan fingerprint density at radius 3 is 3.21 bits per heavy atom. The monoisotopic (exact) mass is 259 g/mol. The molecule has 0 bridgehead atoms. The van der Waals surface area contributed by atoms with Gasteiger partial charge < -0.3 is 15.1 Å². The van der Waals surface area contributed by atoms with Crippen molar-refractivity contribution in [3.05, 3.63) is 24.1 Å². The minimum absolute atomic E-state index is 0.0241. The largest absolute Gasteiger partial charge is 0.441 e. The molecule has 1 saturated heterocycles. The molecular weight excluding hydrogens is 242 g/mol. The Balaban J connectivity index is 1.78. The lowest BCUT2D eigenvalue weighted by Crippen LogP contribution is -2.35. The summed E-state index contributed by atoms with van der Waals surface area (Å²) in [4.78, 5) is 16.4. The summed E-state index contributed by atoms with van der Waals surface area (Å²) >= 11 is 0. The number of amides is 1. The molecule has 0 unspecified atom stereocenters. The zero-order valence-corrected chi connectivity index (χ0v) is 10.9. The number of oxazole rings is 1. The van der Waals surface area contributed by atoms with E-state index in [1.54, 1.807) is 0 Å². The zero-order valence-electron chi connectivity index (χ0n) is 10.9. The molecule has 1 fully saturated rings. The Labute approximate surface area is 111 Å². The van der Waals surface area contributed by atoms with Gasteiger partial charge in [-0.05, 0) is 37.6 Å². The Morgan fingerprint density at radius 1 is 1.58 bits per heavy atom. The molecule has 1 aliphatic heterocycles. The van der Waals surface area contributed by atoms with Crippen LogP contribution in [-0.4, -0.2) is 23.5 Å². The van der Waals surface area contributed by atoms with Gasteiger partial charge in [-0.1, -0.05) is 6.92 Å². The fourth-order valence-electron chi connectivity index (χ4n) is 2.34. The van der Waals surface area contributed by atoms with Gasteiger partial charge in [-0.2, -0.15) is 0 Å². The fraction of sp³-hybridized carbons (Fsp3) is 0.429. The van der Waals surface area contributed by atoms with Gasteiger partial charge >= 0.3 is 0 Å². The summed E-state index contributed by atoms with van der Waals surface area (Å²) < 4.78 is 5.54. The van der Waals surface area contributed by atoms with Crippen molar-refractivity contribution in [2.75, 3.05) is 11.9 Å². The normalized spacial score (nSPS) is 18.9. The van der Waals surface area contributed by atoms with Gasteiger partial charge in [-0.3, -0.25) is 4.79 Å². The maximum absolute atomic E-state index is 12.0. The molecule has 0 spiro atoms. The number of nitrogens with zero attached hydrogens (tertiary/aromatic N) is 1. The Morgan fingerprint density at radius 2 is 2.47 bits per heavy atom. The van der Waals surface area contributed by atoms with Crippen LogP contribution in [-0.2, 0) is 11.2 Å². The first-order valence-electron chi connectivity index (χ1n) is 6.70. The van der Waals surface area contributed by atoms with E-state index in [-0.39, 0.29) is 11.9 Å². The highest BCUT2D eigenvalue weighted by Gasteiger charge is 2.22. The van der Waals surface area contributed by atoms with Crippen LogP contribution in [0.5, 0.6) is 0 Å². The summed E-state index contributed by atoms with van der Waals surface area (Å²) in [6.45, 7) is 2.92. The Bertz CT molecular complexity index is 600. The zero-order chi connectivity index (χ0) is 13.2. The highest BCUT2D eigenvalue weighted by atomic mass is 16.3. The molecule has 1 aliphatic rings. The van der Waals surface area contributed by atoms with E-state index in [2.05, 4.69) is 15.6 Å². The minimum atomic E-state index is -0.0702. The molecule has 0 aliphatic carbocycles. The molecule has 1 aromatic heterocycles. The molecule has 1 amide bonds. The van der Waals surface area contributed by atoms with Gasteiger partial charge in [0.15, 0.2) is 11.5 Å². The summed E-state index contributed by atoms with van der Waals surface area (Å²) in [7, 11) is 0. The molecule has 2 aromatic rings. The standard InChI is InChI=1S/C14H17N3O2/c1-2-13-17-11-8-9(5-6-12(11)19-13)16-14(18)10-4-3-7-15-10/h5-6,8,10,15H,2-4,7H2,1H3,(H,16,18)/t10-/m0/s1. The number of carbonyl (C=O) groups excluding carboxylic acids is 1. The number of fused-ring (bicyclic) bond motifs is 1. The van der Waals surface area contributed by atoms with Gasteiger partial charge in [0, 0.05) is 12.1 Å². The molecule has 5 heteroatoms. The topological polar surface area (TPSA) is 67.2 Å². The van der Waals surface area contributed by atoms with E-state index in [9.17, 15) is 4.79 Å². The highest BCUT2D eigenvalue weighted by molar-refractivity contribution is 5.96. The second-order valence-corrected chi connectivity index (χ2v) is 4.78. The summed E-state index contributed by atoms with van der Waals surface area (Å²) in [6, 6.07) is 5.48. The summed E-state index contributed by atoms with van der Waals surface area (Å²) in [5.41, 5.74) is 2.31. The second-order valence-electron chi connectivity index (χ2n) is 4.78. The van der Waals surface area contributed by atoms with Crippen LogP contribution in [0.4, 0.5) is 5.69 Å². The number of aromatic nitrogens is 1. The fourth-order valence-corrected chi connectivity index (χ4v) is 2.34. The molecule has 3 rings (SSSR count). The van der Waals surface area contributed by atoms with Crippen molar-refractivity contribution in [3.63, 3.8) is 0 Å². The number of rotatable bonds is 3. The lowest BCUT2D eigenvalue weighted by Gasteiger charge is -2.10. The van der Waals surface area contributed by atoms with Crippen molar-refractivity contribution in [2.45, 2.75) is 32.2 Å². The average Bonchev–Trinajstić information content (AvgIpc) is 3.07. The lowest BCUT2D eigenvalue weighted by molar-refractivity contribution is -0.117. The van der Waals surface area contributed by atoms with Crippen molar-refractivity contribution >= 4 is 22.7 Å². The van der Waals surface area contributed by atoms with Crippen molar-refractivity contribution in [1.82, 2.24) is 10.3 Å². The molecule has 0 saturated carbocycles. The maximum atomic E-state index is 12.0. The van der Waals surface area contributed by atoms with Gasteiger partial charge in [0.1, 0.15) is 5.52 Å². The van der Waals surface area contributed by atoms with Crippen LogP contribution >= 0.6 is 0 Å². The molecule has 0 radical (unpaired) electrons. The summed E-state index contributed by atoms with van der Waals surface area (Å²) in [5.74, 6) is 0.743. The van der Waals surface area contributed by atoms with Crippen LogP contribution in [0.1, 0.15) is 25.7 Å². The number of nitrogens with one attached hydrogen (secondary N) is 2. The molecule has 1 aromatic carbocycles. The van der Waals surface area contributed by atoms with Crippen LogP contribution in [0.2, 0.25) is 0 Å². The van der Waals surface area contributed by atoms with Crippen molar-refractivity contribution < 1.29 is 9.21 Å². The molecular formula is C14H17N3O2. The van der Waals surface area contributed by atoms with Crippen molar-refractivity contribution in [2.24, 2.45) is 0 Å². The predicted octanol–water partition coefficient (Wildman–Crippen LogP) is 2.08. The molecule has 19 heavy (non-hydrogen) atoms. The lowest BCUT2D eigenvalue weighted by atomic mass is 10.2. The first-order chi connectivity index (χ1) is 9.26. The smallest absolute Gasteiger partial charge is 0.241 e. The third kappa shape index (κ3) is 2.46. The van der Waals surface area contributed by atoms with Crippen LogP contribution in [0.15, 0.2) is 22.6 Å². The molecule has 2 N–H and O–H groups in total. The van der Waals surface area contributed by atoms with Crippen LogP contribution in [0, 0.1) is 0 Å². The third-order valence-electron chi connectivity index (χ3n) is 3.38. The summed E-state index contributed by atoms with van der Waals surface area (Å²) in [6.07, 6.45) is 2.72. The van der Waals surface area contributed by atoms with E-state index < -0.39 is 0 Å². The van der Waals surface area contributed by atoms with Gasteiger partial charge in [0.05, 0.1) is 6.04 Å². The number of benzene rings is 1. The highest BCUT2D eigenvalue weighted by Crippen LogP contribution is 2.20. The summed E-state index contributed by atoms with van der Waals surface area (Å²) in [5, 5.41) is 6.10. The Kier molecular flexibility index (Phi) is 3.21. The molecule has 100 valence electrons. The number of carbonyl (C=O) groups is 1. The molecule has 1 atom stereocenters. The van der Waals surface area contributed by atoms with E-state index in [0.29, 0.717) is 0 Å². The number of hydrogen-bond acceptors (Lipinski definition) is 4. The molecule has 2 heterocycles. The first kappa shape index (κ1) is 12.2. The van der Waals surface area contributed by atoms with Gasteiger partial charge in [-0.25, -0.2) is 4.98 Å². The second kappa shape index (κ2) is 5.01. The minimum Gasteiger partial charge on any atom is -0.441 e. The van der Waals surface area contributed by atoms with E-state index >= 15 is 0 Å². The van der Waals surface area contributed by atoms with Crippen LogP contribution in [0.3, 0.4) is 0 Å². The first-order valence-corrected chi connectivity index (χ1v) is 6.70. The van der Waals surface area contributed by atoms with Gasteiger partial charge in [0.25, 0.3) is 0 Å². The van der Waals surface area contributed by atoms with Crippen LogP contribution < -0.4 is 10.6 Å². The van der Waals surface area contributed by atoms with Crippen LogP contribution in [0.25, 0.3) is 11.1 Å². The van der Waals surface area contributed by atoms with Gasteiger partial charge in [-0.15, -0.1) is 0 Å². The number of aryl methyl sites for hydroxylation is 1. The van der Waals surface area contributed by atoms with E-state index in [1.807, 2.05) is 25.1 Å². The van der Waals surface area contributed by atoms with Crippen molar-refractivity contribution in [1.29, 1.82) is 0 Å². The predicted molar refractivity (Wildman–Crippen MR) is 73.0 cm³/mol. The number of hydrogen-bond donors (Lipinski definition) is 2. The number of anilines is 1. The SMILES string of the molecule is CCc1nc2cc(NC(=O)[C@@H]3CCCN3)ccc2o1. The average molecular weight is 259 g/mol. The third-order valence-corrected chi connectivity index (χ3v) is 3.38. The van der Waals surface area contributed by atoms with Gasteiger partial charge in [0.2, 0.25) is 5.91 Å². The Hall–Kier alpha value is -1.88. The van der Waals surface area contributed by atoms with E-state index in [4.69, 9.17) is 4.42 Å². The quantitative estimate of drug-likeness (QED) is 0.885. The molecule has 5 nitrogen and oxygen atoms in total.